The smallest absolute Gasteiger partial charge is 0.119 e. The highest BCUT2D eigenvalue weighted by atomic mass is 32.1. The van der Waals surface area contributed by atoms with Crippen LogP contribution in [0.3, 0.4) is 0 Å². The molecule has 0 unspecified atom stereocenters. The van der Waals surface area contributed by atoms with E-state index in [1.54, 1.807) is 0 Å². The van der Waals surface area contributed by atoms with Crippen LogP contribution in [0.2, 0.25) is 0 Å². The molecule has 84 valence electrons. The molecule has 2 nitrogen and oxygen atoms in total. The van der Waals surface area contributed by atoms with E-state index in [2.05, 4.69) is 37.9 Å². The molecule has 0 radical (unpaired) electrons. The summed E-state index contributed by atoms with van der Waals surface area (Å²) in [6, 6.07) is 4.35. The molecule has 16 heavy (non-hydrogen) atoms. The quantitative estimate of drug-likeness (QED) is 0.864. The molecule has 1 N–H and O–H groups in total. The van der Waals surface area contributed by atoms with E-state index in [9.17, 15) is 0 Å². The second kappa shape index (κ2) is 4.36. The van der Waals surface area contributed by atoms with Crippen molar-refractivity contribution in [2.45, 2.75) is 27.4 Å². The van der Waals surface area contributed by atoms with Gasteiger partial charge >= 0.3 is 0 Å². The summed E-state index contributed by atoms with van der Waals surface area (Å²) >= 11 is 1.50. The number of aliphatic hydroxyl groups is 1. The first-order valence-corrected chi connectivity index (χ1v) is 6.13. The minimum Gasteiger partial charge on any atom is -0.389 e. The van der Waals surface area contributed by atoms with E-state index in [4.69, 9.17) is 5.11 Å². The van der Waals surface area contributed by atoms with E-state index in [1.165, 1.54) is 33.6 Å². The number of benzene rings is 1. The average molecular weight is 233 g/mol. The maximum absolute atomic E-state index is 9.01. The first-order chi connectivity index (χ1) is 7.61. The predicted molar refractivity (Wildman–Crippen MR) is 67.7 cm³/mol. The molecule has 1 aromatic carbocycles. The van der Waals surface area contributed by atoms with Crippen molar-refractivity contribution in [2.75, 3.05) is 0 Å². The molecule has 0 saturated heterocycles. The summed E-state index contributed by atoms with van der Waals surface area (Å²) in [6.07, 6.45) is 0. The van der Waals surface area contributed by atoms with Gasteiger partial charge in [-0.05, 0) is 43.5 Å². The van der Waals surface area contributed by atoms with Crippen LogP contribution in [0.5, 0.6) is 0 Å². The Hall–Kier alpha value is -1.19. The fraction of sp³-hybridized carbons (Fsp3) is 0.308. The monoisotopic (exact) mass is 233 g/mol. The molecule has 0 saturated carbocycles. The van der Waals surface area contributed by atoms with Crippen LogP contribution >= 0.6 is 11.3 Å². The Kier molecular flexibility index (Phi) is 3.08. The van der Waals surface area contributed by atoms with Crippen molar-refractivity contribution in [1.82, 2.24) is 4.98 Å². The molecule has 0 spiro atoms. The van der Waals surface area contributed by atoms with Crippen molar-refractivity contribution in [3.05, 3.63) is 39.2 Å². The number of aryl methyl sites for hydroxylation is 3. The van der Waals surface area contributed by atoms with Crippen LogP contribution in [0, 0.1) is 20.8 Å². The van der Waals surface area contributed by atoms with Gasteiger partial charge in [-0.25, -0.2) is 4.98 Å². The number of hydrogen-bond donors (Lipinski definition) is 1. The average Bonchev–Trinajstić information content (AvgIpc) is 2.71. The van der Waals surface area contributed by atoms with Gasteiger partial charge in [0.2, 0.25) is 0 Å². The third-order valence-electron chi connectivity index (χ3n) is 2.80. The number of rotatable bonds is 2. The van der Waals surface area contributed by atoms with Gasteiger partial charge in [-0.15, -0.1) is 11.3 Å². The molecular weight excluding hydrogens is 218 g/mol. The van der Waals surface area contributed by atoms with E-state index < -0.39 is 0 Å². The summed E-state index contributed by atoms with van der Waals surface area (Å²) in [5, 5.41) is 11.8. The molecule has 2 aromatic rings. The van der Waals surface area contributed by atoms with Crippen molar-refractivity contribution in [1.29, 1.82) is 0 Å². The van der Waals surface area contributed by atoms with Gasteiger partial charge in [-0.3, -0.25) is 0 Å². The van der Waals surface area contributed by atoms with E-state index in [1.807, 2.05) is 5.38 Å². The zero-order valence-electron chi connectivity index (χ0n) is 9.74. The minimum absolute atomic E-state index is 0.0224. The van der Waals surface area contributed by atoms with Crippen LogP contribution in [0.25, 0.3) is 11.3 Å². The van der Waals surface area contributed by atoms with Crippen LogP contribution < -0.4 is 0 Å². The fourth-order valence-electron chi connectivity index (χ4n) is 1.74. The van der Waals surface area contributed by atoms with Crippen LogP contribution in [0.1, 0.15) is 21.7 Å². The van der Waals surface area contributed by atoms with Crippen LogP contribution in [-0.4, -0.2) is 10.1 Å². The first-order valence-electron chi connectivity index (χ1n) is 5.25. The van der Waals surface area contributed by atoms with Gasteiger partial charge in [-0.2, -0.15) is 0 Å². The van der Waals surface area contributed by atoms with Crippen molar-refractivity contribution < 1.29 is 5.11 Å². The molecule has 1 heterocycles. The summed E-state index contributed by atoms with van der Waals surface area (Å²) in [6.45, 7) is 6.35. The Morgan fingerprint density at radius 3 is 2.44 bits per heavy atom. The van der Waals surface area contributed by atoms with Gasteiger partial charge < -0.3 is 5.11 Å². The van der Waals surface area contributed by atoms with Crippen molar-refractivity contribution in [2.24, 2.45) is 0 Å². The summed E-state index contributed by atoms with van der Waals surface area (Å²) in [7, 11) is 0. The van der Waals surface area contributed by atoms with E-state index >= 15 is 0 Å². The summed E-state index contributed by atoms with van der Waals surface area (Å²) < 4.78 is 0. The van der Waals surface area contributed by atoms with Gasteiger partial charge in [0.05, 0.1) is 12.3 Å². The van der Waals surface area contributed by atoms with Crippen LogP contribution in [0.15, 0.2) is 17.5 Å². The molecule has 0 atom stereocenters. The van der Waals surface area contributed by atoms with Crippen molar-refractivity contribution in [3.63, 3.8) is 0 Å². The molecule has 0 amide bonds. The number of hydrogen-bond acceptors (Lipinski definition) is 3. The second-order valence-electron chi connectivity index (χ2n) is 4.04. The van der Waals surface area contributed by atoms with E-state index in [0.717, 1.165) is 10.7 Å². The highest BCUT2D eigenvalue weighted by Crippen LogP contribution is 2.27. The maximum atomic E-state index is 9.01. The van der Waals surface area contributed by atoms with E-state index in [0.29, 0.717) is 0 Å². The number of aromatic nitrogens is 1. The summed E-state index contributed by atoms with van der Waals surface area (Å²) in [4.78, 5) is 4.40. The number of aliphatic hydroxyl groups excluding tert-OH is 1. The van der Waals surface area contributed by atoms with Gasteiger partial charge in [0.1, 0.15) is 5.01 Å². The molecule has 0 bridgehead atoms. The van der Waals surface area contributed by atoms with Gasteiger partial charge in [0.15, 0.2) is 0 Å². The molecular formula is C13H15NOS. The highest BCUT2D eigenvalue weighted by Gasteiger charge is 2.08. The molecule has 0 aliphatic carbocycles. The Labute approximate surface area is 99.6 Å². The molecule has 0 fully saturated rings. The topological polar surface area (TPSA) is 33.1 Å². The molecule has 0 aliphatic heterocycles. The Morgan fingerprint density at radius 1 is 1.12 bits per heavy atom. The lowest BCUT2D eigenvalue weighted by Crippen LogP contribution is -1.89. The standard InChI is InChI=1S/C13H15NOS/c1-8-4-10(3)11(5-9(8)2)12-7-16-13(6-15)14-12/h4-5,7,15H,6H2,1-3H3. The van der Waals surface area contributed by atoms with Gasteiger partial charge in [0.25, 0.3) is 0 Å². The normalized spacial score (nSPS) is 10.8. The highest BCUT2D eigenvalue weighted by molar-refractivity contribution is 7.09. The van der Waals surface area contributed by atoms with E-state index in [-0.39, 0.29) is 6.61 Å². The zero-order valence-corrected chi connectivity index (χ0v) is 10.6. The summed E-state index contributed by atoms with van der Waals surface area (Å²) in [5.74, 6) is 0. The largest absolute Gasteiger partial charge is 0.389 e. The maximum Gasteiger partial charge on any atom is 0.119 e. The molecule has 1 aromatic heterocycles. The molecule has 0 aliphatic rings. The summed E-state index contributed by atoms with van der Waals surface area (Å²) in [5.41, 5.74) is 5.95. The third-order valence-corrected chi connectivity index (χ3v) is 3.64. The minimum atomic E-state index is 0.0224. The molecule has 2 rings (SSSR count). The molecule has 3 heteroatoms. The van der Waals surface area contributed by atoms with Gasteiger partial charge in [-0.1, -0.05) is 6.07 Å². The lowest BCUT2D eigenvalue weighted by molar-refractivity contribution is 0.281. The number of nitrogens with zero attached hydrogens (tertiary/aromatic N) is 1. The fourth-order valence-corrected chi connectivity index (χ4v) is 2.40. The Balaban J connectivity index is 2.51. The zero-order chi connectivity index (χ0) is 11.7. The Bertz CT molecular complexity index is 517. The van der Waals surface area contributed by atoms with Crippen LogP contribution in [0.4, 0.5) is 0 Å². The lowest BCUT2D eigenvalue weighted by Gasteiger charge is -2.07. The van der Waals surface area contributed by atoms with Gasteiger partial charge in [0, 0.05) is 10.9 Å². The third kappa shape index (κ3) is 2.01. The lowest BCUT2D eigenvalue weighted by atomic mass is 9.99. The van der Waals surface area contributed by atoms with Crippen molar-refractivity contribution >= 4 is 11.3 Å². The number of thiazole rings is 1. The predicted octanol–water partition coefficient (Wildman–Crippen LogP) is 3.23. The first kappa shape index (κ1) is 11.3. The Morgan fingerprint density at radius 2 is 1.81 bits per heavy atom. The van der Waals surface area contributed by atoms with Crippen molar-refractivity contribution in [3.8, 4) is 11.3 Å². The van der Waals surface area contributed by atoms with Crippen LogP contribution in [-0.2, 0) is 6.61 Å². The second-order valence-corrected chi connectivity index (χ2v) is 4.98. The SMILES string of the molecule is Cc1cc(C)c(-c2csc(CO)n2)cc1C.